The van der Waals surface area contributed by atoms with Gasteiger partial charge in [-0.1, -0.05) is 24.6 Å². The van der Waals surface area contributed by atoms with Crippen LogP contribution in [0.4, 0.5) is 5.69 Å². The summed E-state index contributed by atoms with van der Waals surface area (Å²) in [7, 11) is 0. The number of rotatable bonds is 3. The largest absolute Gasteiger partial charge is 0.456 e. The number of para-hydroxylation sites is 1. The third-order valence-electron chi connectivity index (χ3n) is 4.34. The van der Waals surface area contributed by atoms with E-state index in [-0.39, 0.29) is 11.8 Å². The van der Waals surface area contributed by atoms with Gasteiger partial charge in [-0.05, 0) is 49.2 Å². The number of carbonyl (C=O) groups excluding carboxylic acids is 1. The Bertz CT molecular complexity index is 780. The van der Waals surface area contributed by atoms with Crippen molar-refractivity contribution in [3.63, 3.8) is 0 Å². The topological polar surface area (TPSA) is 42.2 Å². The van der Waals surface area contributed by atoms with Crippen molar-refractivity contribution < 1.29 is 9.21 Å². The van der Waals surface area contributed by atoms with Crippen LogP contribution in [-0.2, 0) is 4.79 Å². The molecule has 1 aromatic heterocycles. The fourth-order valence-corrected chi connectivity index (χ4v) is 2.76. The van der Waals surface area contributed by atoms with Crippen LogP contribution in [0.5, 0.6) is 0 Å². The molecule has 3 nitrogen and oxygen atoms in total. The molecular weight excluding hydrogens is 274 g/mol. The summed E-state index contributed by atoms with van der Waals surface area (Å²) in [6.07, 6.45) is 3.20. The Kier molecular flexibility index (Phi) is 3.19. The van der Waals surface area contributed by atoms with Crippen molar-refractivity contribution >= 4 is 22.6 Å². The van der Waals surface area contributed by atoms with Crippen LogP contribution in [0, 0.1) is 5.92 Å². The average Bonchev–Trinajstić information content (AvgIpc) is 2.90. The summed E-state index contributed by atoms with van der Waals surface area (Å²) in [5.41, 5.74) is 2.74. The normalized spacial score (nSPS) is 14.7. The second-order valence-corrected chi connectivity index (χ2v) is 5.84. The zero-order valence-corrected chi connectivity index (χ0v) is 12.2. The SMILES string of the molecule is O=C(Nc1ccc(-c2cc3ccccc3o2)cc1)C1CCC1. The first-order valence-corrected chi connectivity index (χ1v) is 7.69. The van der Waals surface area contributed by atoms with Gasteiger partial charge in [-0.2, -0.15) is 0 Å². The molecule has 4 rings (SSSR count). The van der Waals surface area contributed by atoms with Crippen LogP contribution in [0.2, 0.25) is 0 Å². The predicted octanol–water partition coefficient (Wildman–Crippen LogP) is 4.84. The Morgan fingerprint density at radius 2 is 1.82 bits per heavy atom. The van der Waals surface area contributed by atoms with Crippen molar-refractivity contribution in [2.75, 3.05) is 5.32 Å². The zero-order chi connectivity index (χ0) is 14.9. The summed E-state index contributed by atoms with van der Waals surface area (Å²) in [5, 5.41) is 4.08. The number of benzene rings is 2. The van der Waals surface area contributed by atoms with Crippen LogP contribution in [0.15, 0.2) is 59.0 Å². The first kappa shape index (κ1) is 13.1. The Labute approximate surface area is 128 Å². The van der Waals surface area contributed by atoms with Gasteiger partial charge in [0.25, 0.3) is 0 Å². The molecule has 1 saturated carbocycles. The van der Waals surface area contributed by atoms with Crippen molar-refractivity contribution in [2.45, 2.75) is 19.3 Å². The Balaban J connectivity index is 1.54. The van der Waals surface area contributed by atoms with E-state index < -0.39 is 0 Å². The van der Waals surface area contributed by atoms with E-state index in [1.165, 1.54) is 6.42 Å². The van der Waals surface area contributed by atoms with Crippen LogP contribution >= 0.6 is 0 Å². The molecule has 0 spiro atoms. The predicted molar refractivity (Wildman–Crippen MR) is 87.6 cm³/mol. The molecular formula is C19H17NO2. The monoisotopic (exact) mass is 291 g/mol. The molecule has 0 unspecified atom stereocenters. The van der Waals surface area contributed by atoms with E-state index in [4.69, 9.17) is 4.42 Å². The van der Waals surface area contributed by atoms with E-state index >= 15 is 0 Å². The molecule has 1 aliphatic carbocycles. The molecule has 1 amide bonds. The number of hydrogen-bond donors (Lipinski definition) is 1. The number of nitrogens with one attached hydrogen (secondary N) is 1. The molecule has 3 heteroatoms. The van der Waals surface area contributed by atoms with Gasteiger partial charge in [0.2, 0.25) is 5.91 Å². The van der Waals surface area contributed by atoms with E-state index in [9.17, 15) is 4.79 Å². The lowest BCUT2D eigenvalue weighted by Crippen LogP contribution is -2.27. The van der Waals surface area contributed by atoms with Crippen LogP contribution in [0.1, 0.15) is 19.3 Å². The number of anilines is 1. The number of carbonyl (C=O) groups is 1. The number of furan rings is 1. The van der Waals surface area contributed by atoms with Crippen LogP contribution < -0.4 is 5.32 Å². The molecule has 1 aliphatic rings. The van der Waals surface area contributed by atoms with Gasteiger partial charge in [0, 0.05) is 22.6 Å². The fraction of sp³-hybridized carbons (Fsp3) is 0.211. The van der Waals surface area contributed by atoms with E-state index in [2.05, 4.69) is 5.32 Å². The molecule has 3 aromatic rings. The average molecular weight is 291 g/mol. The molecule has 22 heavy (non-hydrogen) atoms. The minimum absolute atomic E-state index is 0.141. The third-order valence-corrected chi connectivity index (χ3v) is 4.34. The highest BCUT2D eigenvalue weighted by Gasteiger charge is 2.25. The van der Waals surface area contributed by atoms with Gasteiger partial charge in [-0.3, -0.25) is 4.79 Å². The summed E-state index contributed by atoms with van der Waals surface area (Å²) in [6, 6.07) is 17.8. The standard InChI is InChI=1S/C19H17NO2/c21-19(14-5-3-6-14)20-16-10-8-13(9-11-16)18-12-15-4-1-2-7-17(15)22-18/h1-2,4,7-12,14H,3,5-6H2,(H,20,21). The Hall–Kier alpha value is -2.55. The van der Waals surface area contributed by atoms with Gasteiger partial charge >= 0.3 is 0 Å². The quantitative estimate of drug-likeness (QED) is 0.750. The van der Waals surface area contributed by atoms with Crippen LogP contribution in [-0.4, -0.2) is 5.91 Å². The summed E-state index contributed by atoms with van der Waals surface area (Å²) in [5.74, 6) is 1.19. The van der Waals surface area contributed by atoms with Crippen LogP contribution in [0.25, 0.3) is 22.3 Å². The zero-order valence-electron chi connectivity index (χ0n) is 12.2. The molecule has 1 fully saturated rings. The molecule has 0 atom stereocenters. The minimum Gasteiger partial charge on any atom is -0.456 e. The van der Waals surface area contributed by atoms with Crippen molar-refractivity contribution in [2.24, 2.45) is 5.92 Å². The molecule has 110 valence electrons. The first-order valence-electron chi connectivity index (χ1n) is 7.69. The molecule has 0 bridgehead atoms. The van der Waals surface area contributed by atoms with Gasteiger partial charge in [0.15, 0.2) is 0 Å². The highest BCUT2D eigenvalue weighted by Crippen LogP contribution is 2.30. The molecule has 2 aromatic carbocycles. The second kappa shape index (κ2) is 5.34. The highest BCUT2D eigenvalue weighted by atomic mass is 16.3. The first-order chi connectivity index (χ1) is 10.8. The third kappa shape index (κ3) is 2.39. The van der Waals surface area contributed by atoms with Gasteiger partial charge < -0.3 is 9.73 Å². The lowest BCUT2D eigenvalue weighted by Gasteiger charge is -2.24. The Morgan fingerprint density at radius 3 is 2.50 bits per heavy atom. The summed E-state index contributed by atoms with van der Waals surface area (Å²) in [4.78, 5) is 11.9. The van der Waals surface area contributed by atoms with Crippen LogP contribution in [0.3, 0.4) is 0 Å². The molecule has 1 heterocycles. The summed E-state index contributed by atoms with van der Waals surface area (Å²) in [6.45, 7) is 0. The van der Waals surface area contributed by atoms with Gasteiger partial charge in [0.05, 0.1) is 0 Å². The molecule has 1 N–H and O–H groups in total. The Morgan fingerprint density at radius 1 is 1.05 bits per heavy atom. The van der Waals surface area contributed by atoms with E-state index in [0.29, 0.717) is 0 Å². The number of hydrogen-bond acceptors (Lipinski definition) is 2. The lowest BCUT2D eigenvalue weighted by atomic mass is 9.85. The molecule has 0 radical (unpaired) electrons. The lowest BCUT2D eigenvalue weighted by molar-refractivity contribution is -0.122. The van der Waals surface area contributed by atoms with Gasteiger partial charge in [-0.25, -0.2) is 0 Å². The van der Waals surface area contributed by atoms with Crippen molar-refractivity contribution in [3.8, 4) is 11.3 Å². The fourth-order valence-electron chi connectivity index (χ4n) is 2.76. The van der Waals surface area contributed by atoms with E-state index in [0.717, 1.165) is 40.8 Å². The number of fused-ring (bicyclic) bond motifs is 1. The number of amides is 1. The maximum absolute atomic E-state index is 11.9. The minimum atomic E-state index is 0.141. The summed E-state index contributed by atoms with van der Waals surface area (Å²) < 4.78 is 5.85. The maximum atomic E-state index is 11.9. The summed E-state index contributed by atoms with van der Waals surface area (Å²) >= 11 is 0. The smallest absolute Gasteiger partial charge is 0.227 e. The van der Waals surface area contributed by atoms with Gasteiger partial charge in [-0.15, -0.1) is 0 Å². The van der Waals surface area contributed by atoms with E-state index in [1.54, 1.807) is 0 Å². The van der Waals surface area contributed by atoms with E-state index in [1.807, 2.05) is 54.6 Å². The molecule has 0 saturated heterocycles. The van der Waals surface area contributed by atoms with Crippen molar-refractivity contribution in [1.29, 1.82) is 0 Å². The second-order valence-electron chi connectivity index (χ2n) is 5.84. The van der Waals surface area contributed by atoms with Crippen molar-refractivity contribution in [3.05, 3.63) is 54.6 Å². The molecule has 0 aliphatic heterocycles. The highest BCUT2D eigenvalue weighted by molar-refractivity contribution is 5.93. The van der Waals surface area contributed by atoms with Gasteiger partial charge in [0.1, 0.15) is 11.3 Å². The van der Waals surface area contributed by atoms with Crippen molar-refractivity contribution in [1.82, 2.24) is 0 Å². The maximum Gasteiger partial charge on any atom is 0.227 e.